The number of fused-ring (bicyclic) bond motifs is 2. The van der Waals surface area contributed by atoms with Gasteiger partial charge in [-0.2, -0.15) is 0 Å². The highest BCUT2D eigenvalue weighted by Crippen LogP contribution is 2.37. The molecule has 4 heteroatoms. The van der Waals surface area contributed by atoms with Crippen LogP contribution in [0, 0.1) is 5.92 Å². The second kappa shape index (κ2) is 6.38. The Morgan fingerprint density at radius 2 is 1.77 bits per heavy atom. The third-order valence-electron chi connectivity index (χ3n) is 5.26. The molecule has 1 aliphatic carbocycles. The van der Waals surface area contributed by atoms with Gasteiger partial charge in [0.05, 0.1) is 0 Å². The first-order chi connectivity index (χ1) is 10.4. The largest absolute Gasteiger partial charge is 0.444 e. The zero-order valence-electron chi connectivity index (χ0n) is 14.4. The molecule has 1 N–H and O–H groups in total. The van der Waals surface area contributed by atoms with Gasteiger partial charge in [-0.3, -0.25) is 0 Å². The van der Waals surface area contributed by atoms with E-state index in [1.54, 1.807) is 0 Å². The van der Waals surface area contributed by atoms with E-state index in [-0.39, 0.29) is 6.09 Å². The van der Waals surface area contributed by atoms with Crippen LogP contribution in [0.25, 0.3) is 0 Å². The van der Waals surface area contributed by atoms with Crippen molar-refractivity contribution in [1.82, 2.24) is 10.2 Å². The van der Waals surface area contributed by atoms with E-state index < -0.39 is 5.60 Å². The molecule has 1 saturated carbocycles. The van der Waals surface area contributed by atoms with Crippen LogP contribution in [-0.2, 0) is 4.74 Å². The first-order valence-corrected chi connectivity index (χ1v) is 9.17. The molecule has 0 spiro atoms. The number of carbonyl (C=O) groups is 1. The van der Waals surface area contributed by atoms with Crippen molar-refractivity contribution in [2.75, 3.05) is 6.54 Å². The van der Waals surface area contributed by atoms with Crippen molar-refractivity contribution in [3.8, 4) is 0 Å². The predicted octanol–water partition coefficient (Wildman–Crippen LogP) is 3.70. The molecule has 126 valence electrons. The van der Waals surface area contributed by atoms with Crippen LogP contribution in [-0.4, -0.2) is 41.3 Å². The third-order valence-corrected chi connectivity index (χ3v) is 5.26. The minimum Gasteiger partial charge on any atom is -0.444 e. The van der Waals surface area contributed by atoms with Crippen molar-refractivity contribution in [3.05, 3.63) is 0 Å². The predicted molar refractivity (Wildman–Crippen MR) is 87.9 cm³/mol. The van der Waals surface area contributed by atoms with Gasteiger partial charge in [-0.05, 0) is 71.8 Å². The molecule has 2 saturated heterocycles. The Morgan fingerprint density at radius 3 is 2.32 bits per heavy atom. The van der Waals surface area contributed by atoms with Crippen LogP contribution in [0.1, 0.15) is 72.1 Å². The molecule has 3 rings (SSSR count). The Kier molecular flexibility index (Phi) is 4.67. The van der Waals surface area contributed by atoms with E-state index in [9.17, 15) is 4.79 Å². The van der Waals surface area contributed by atoms with Gasteiger partial charge in [-0.25, -0.2) is 4.79 Å². The van der Waals surface area contributed by atoms with E-state index in [1.807, 2.05) is 25.7 Å². The van der Waals surface area contributed by atoms with Crippen LogP contribution >= 0.6 is 0 Å². The SMILES string of the molecule is CC(C)(C)OC(=O)N1C2CCC1CC(NCCCC1CC1)C2. The number of rotatable bonds is 5. The van der Waals surface area contributed by atoms with Crippen LogP contribution in [0.2, 0.25) is 0 Å². The summed E-state index contributed by atoms with van der Waals surface area (Å²) in [5.74, 6) is 1.03. The number of carbonyl (C=O) groups excluding carboxylic acids is 1. The summed E-state index contributed by atoms with van der Waals surface area (Å²) >= 11 is 0. The zero-order chi connectivity index (χ0) is 15.7. The standard InChI is InChI=1S/C18H32N2O2/c1-18(2,3)22-17(21)20-15-8-9-16(20)12-14(11-15)19-10-4-5-13-6-7-13/h13-16,19H,4-12H2,1-3H3. The van der Waals surface area contributed by atoms with Gasteiger partial charge >= 0.3 is 6.09 Å². The van der Waals surface area contributed by atoms with Gasteiger partial charge in [-0.15, -0.1) is 0 Å². The highest BCUT2D eigenvalue weighted by Gasteiger charge is 2.44. The molecule has 0 radical (unpaired) electrons. The Morgan fingerprint density at radius 1 is 1.14 bits per heavy atom. The van der Waals surface area contributed by atoms with Crippen molar-refractivity contribution in [1.29, 1.82) is 0 Å². The van der Waals surface area contributed by atoms with E-state index in [2.05, 4.69) is 5.32 Å². The molecule has 0 aromatic rings. The molecule has 4 nitrogen and oxygen atoms in total. The minimum atomic E-state index is -0.394. The maximum atomic E-state index is 12.4. The van der Waals surface area contributed by atoms with Crippen molar-refractivity contribution < 1.29 is 9.53 Å². The number of hydrogen-bond acceptors (Lipinski definition) is 3. The molecule has 0 aromatic heterocycles. The van der Waals surface area contributed by atoms with Crippen LogP contribution < -0.4 is 5.32 Å². The molecule has 2 heterocycles. The first-order valence-electron chi connectivity index (χ1n) is 9.17. The van der Waals surface area contributed by atoms with E-state index in [0.29, 0.717) is 18.1 Å². The van der Waals surface area contributed by atoms with E-state index in [1.165, 1.54) is 25.7 Å². The third kappa shape index (κ3) is 4.15. The van der Waals surface area contributed by atoms with Crippen molar-refractivity contribution in [3.63, 3.8) is 0 Å². The van der Waals surface area contributed by atoms with Gasteiger partial charge in [0.15, 0.2) is 0 Å². The van der Waals surface area contributed by atoms with Gasteiger partial charge in [0.2, 0.25) is 0 Å². The summed E-state index contributed by atoms with van der Waals surface area (Å²) in [7, 11) is 0. The summed E-state index contributed by atoms with van der Waals surface area (Å²) in [6.07, 6.45) is 10.00. The molecule has 1 amide bonds. The first kappa shape index (κ1) is 16.1. The maximum absolute atomic E-state index is 12.4. The summed E-state index contributed by atoms with van der Waals surface area (Å²) in [6.45, 7) is 6.98. The highest BCUT2D eigenvalue weighted by molar-refractivity contribution is 5.69. The Labute approximate surface area is 135 Å². The molecule has 2 atom stereocenters. The Hall–Kier alpha value is -0.770. The van der Waals surface area contributed by atoms with E-state index in [0.717, 1.165) is 38.1 Å². The second-order valence-electron chi connectivity index (χ2n) is 8.48. The van der Waals surface area contributed by atoms with Gasteiger partial charge in [0, 0.05) is 18.1 Å². The Balaban J connectivity index is 1.45. The maximum Gasteiger partial charge on any atom is 0.410 e. The molecule has 0 aromatic carbocycles. The molecule has 2 aliphatic heterocycles. The molecule has 3 aliphatic rings. The van der Waals surface area contributed by atoms with Crippen molar-refractivity contribution >= 4 is 6.09 Å². The molecule has 3 fully saturated rings. The van der Waals surface area contributed by atoms with E-state index >= 15 is 0 Å². The van der Waals surface area contributed by atoms with Crippen LogP contribution in [0.5, 0.6) is 0 Å². The number of amides is 1. The van der Waals surface area contributed by atoms with Gasteiger partial charge in [-0.1, -0.05) is 12.8 Å². The quantitative estimate of drug-likeness (QED) is 0.787. The minimum absolute atomic E-state index is 0.104. The van der Waals surface area contributed by atoms with Crippen LogP contribution in [0.3, 0.4) is 0 Å². The van der Waals surface area contributed by atoms with Crippen molar-refractivity contribution in [2.45, 2.75) is 95.9 Å². The fraction of sp³-hybridized carbons (Fsp3) is 0.944. The summed E-state index contributed by atoms with van der Waals surface area (Å²) in [5, 5.41) is 3.73. The second-order valence-corrected chi connectivity index (χ2v) is 8.48. The molecule has 2 bridgehead atoms. The number of ether oxygens (including phenoxy) is 1. The molecular weight excluding hydrogens is 276 g/mol. The molecular formula is C18H32N2O2. The van der Waals surface area contributed by atoms with Crippen LogP contribution in [0.4, 0.5) is 4.79 Å². The van der Waals surface area contributed by atoms with Gasteiger partial charge < -0.3 is 15.0 Å². The zero-order valence-corrected chi connectivity index (χ0v) is 14.4. The average Bonchev–Trinajstić information content (AvgIpc) is 3.18. The van der Waals surface area contributed by atoms with E-state index in [4.69, 9.17) is 4.74 Å². The average molecular weight is 308 g/mol. The van der Waals surface area contributed by atoms with Crippen molar-refractivity contribution in [2.24, 2.45) is 5.92 Å². The Bertz CT molecular complexity index is 386. The lowest BCUT2D eigenvalue weighted by molar-refractivity contribution is 0.00474. The fourth-order valence-electron chi connectivity index (χ4n) is 4.06. The fourth-order valence-corrected chi connectivity index (χ4v) is 4.06. The summed E-state index contributed by atoms with van der Waals surface area (Å²) in [4.78, 5) is 14.4. The number of nitrogens with zero attached hydrogens (tertiary/aromatic N) is 1. The van der Waals surface area contributed by atoms with Gasteiger partial charge in [0.25, 0.3) is 0 Å². The summed E-state index contributed by atoms with van der Waals surface area (Å²) in [5.41, 5.74) is -0.394. The lowest BCUT2D eigenvalue weighted by Crippen LogP contribution is -2.52. The summed E-state index contributed by atoms with van der Waals surface area (Å²) < 4.78 is 5.59. The normalized spacial score (nSPS) is 31.4. The lowest BCUT2D eigenvalue weighted by Gasteiger charge is -2.39. The van der Waals surface area contributed by atoms with Gasteiger partial charge in [0.1, 0.15) is 5.60 Å². The topological polar surface area (TPSA) is 41.6 Å². The number of piperidine rings is 1. The number of hydrogen-bond donors (Lipinski definition) is 1. The lowest BCUT2D eigenvalue weighted by atomic mass is 9.97. The summed E-state index contributed by atoms with van der Waals surface area (Å²) in [6, 6.07) is 1.36. The number of nitrogens with one attached hydrogen (secondary N) is 1. The van der Waals surface area contributed by atoms with Crippen LogP contribution in [0.15, 0.2) is 0 Å². The highest BCUT2D eigenvalue weighted by atomic mass is 16.6. The smallest absolute Gasteiger partial charge is 0.410 e. The molecule has 22 heavy (non-hydrogen) atoms. The molecule has 2 unspecified atom stereocenters. The monoisotopic (exact) mass is 308 g/mol.